The Morgan fingerprint density at radius 3 is 2.69 bits per heavy atom. The predicted molar refractivity (Wildman–Crippen MR) is 114 cm³/mol. The van der Waals surface area contributed by atoms with Crippen LogP contribution in [-0.4, -0.2) is 32.7 Å². The molecule has 3 N–H and O–H groups in total. The van der Waals surface area contributed by atoms with E-state index in [1.165, 1.54) is 24.8 Å². The maximum Gasteiger partial charge on any atom is 0.257 e. The van der Waals surface area contributed by atoms with Crippen LogP contribution in [0.1, 0.15) is 34.5 Å². The van der Waals surface area contributed by atoms with E-state index in [0.717, 1.165) is 36.4 Å². The van der Waals surface area contributed by atoms with Crippen LogP contribution in [0.3, 0.4) is 0 Å². The van der Waals surface area contributed by atoms with E-state index in [4.69, 9.17) is 4.74 Å². The lowest BCUT2D eigenvalue weighted by molar-refractivity contribution is 0.102. The molecule has 0 bridgehead atoms. The van der Waals surface area contributed by atoms with Crippen molar-refractivity contribution in [2.75, 3.05) is 23.4 Å². The third kappa shape index (κ3) is 3.93. The van der Waals surface area contributed by atoms with Crippen LogP contribution in [0.15, 0.2) is 36.4 Å². The maximum atomic E-state index is 13.0. The number of fused-ring (bicyclic) bond motifs is 3. The number of ether oxygens (including phenoxy) is 1. The van der Waals surface area contributed by atoms with Gasteiger partial charge in [0.2, 0.25) is 10.0 Å². The largest absolute Gasteiger partial charge is 0.494 e. The quantitative estimate of drug-likeness (QED) is 0.594. The van der Waals surface area contributed by atoms with Gasteiger partial charge < -0.3 is 15.0 Å². The summed E-state index contributed by atoms with van der Waals surface area (Å²) in [5.41, 5.74) is 4.81. The molecule has 0 aliphatic heterocycles. The van der Waals surface area contributed by atoms with Gasteiger partial charge in [0, 0.05) is 22.8 Å². The second kappa shape index (κ2) is 7.44. The fourth-order valence-corrected chi connectivity index (χ4v) is 4.44. The number of amides is 1. The van der Waals surface area contributed by atoms with Crippen molar-refractivity contribution in [2.45, 2.75) is 25.7 Å². The van der Waals surface area contributed by atoms with E-state index >= 15 is 0 Å². The lowest BCUT2D eigenvalue weighted by atomic mass is 9.95. The van der Waals surface area contributed by atoms with Gasteiger partial charge in [0.15, 0.2) is 0 Å². The molecule has 0 saturated heterocycles. The molecule has 4 rings (SSSR count). The van der Waals surface area contributed by atoms with Gasteiger partial charge in [0.05, 0.1) is 30.1 Å². The highest BCUT2D eigenvalue weighted by atomic mass is 32.2. The fourth-order valence-electron chi connectivity index (χ4n) is 3.87. The first-order valence-electron chi connectivity index (χ1n) is 9.45. The van der Waals surface area contributed by atoms with Crippen LogP contribution < -0.4 is 14.8 Å². The highest BCUT2D eigenvalue weighted by Crippen LogP contribution is 2.32. The molecule has 0 unspecified atom stereocenters. The summed E-state index contributed by atoms with van der Waals surface area (Å²) >= 11 is 0. The number of carbonyl (C=O) groups excluding carboxylic acids is 1. The first kappa shape index (κ1) is 19.3. The average molecular weight is 413 g/mol. The van der Waals surface area contributed by atoms with E-state index in [9.17, 15) is 13.2 Å². The molecule has 0 fully saturated rings. The van der Waals surface area contributed by atoms with Crippen LogP contribution in [0.2, 0.25) is 0 Å². The van der Waals surface area contributed by atoms with E-state index in [0.29, 0.717) is 22.7 Å². The Kier molecular flexibility index (Phi) is 4.96. The Bertz CT molecular complexity index is 1200. The number of methoxy groups -OCH3 is 1. The first-order valence-corrected chi connectivity index (χ1v) is 11.3. The molecular formula is C21H23N3O4S. The summed E-state index contributed by atoms with van der Waals surface area (Å²) in [7, 11) is -1.99. The summed E-state index contributed by atoms with van der Waals surface area (Å²) in [4.78, 5) is 16.4. The number of H-pyrrole nitrogens is 1. The summed E-state index contributed by atoms with van der Waals surface area (Å²) in [5, 5.41) is 3.99. The minimum absolute atomic E-state index is 0.236. The van der Waals surface area contributed by atoms with Crippen molar-refractivity contribution in [1.82, 2.24) is 4.98 Å². The average Bonchev–Trinajstić information content (AvgIpc) is 3.06. The summed E-state index contributed by atoms with van der Waals surface area (Å²) < 4.78 is 30.6. The van der Waals surface area contributed by atoms with E-state index in [1.807, 2.05) is 6.07 Å². The molecule has 0 radical (unpaired) electrons. The SMILES string of the molecule is COc1cc(NC(=O)c2cccc3c4c([nH]c23)CCCC4)ccc1NS(C)(=O)=O. The van der Waals surface area contributed by atoms with Gasteiger partial charge in [-0.15, -0.1) is 0 Å². The Balaban J connectivity index is 1.64. The number of aromatic nitrogens is 1. The van der Waals surface area contributed by atoms with Crippen molar-refractivity contribution >= 4 is 38.2 Å². The van der Waals surface area contributed by atoms with Gasteiger partial charge in [-0.25, -0.2) is 8.42 Å². The number of rotatable bonds is 5. The van der Waals surface area contributed by atoms with Gasteiger partial charge >= 0.3 is 0 Å². The zero-order valence-corrected chi connectivity index (χ0v) is 17.2. The molecule has 1 aromatic heterocycles. The Labute approximate surface area is 169 Å². The van der Waals surface area contributed by atoms with Gasteiger partial charge in [-0.2, -0.15) is 0 Å². The molecular weight excluding hydrogens is 390 g/mol. The molecule has 0 atom stereocenters. The monoisotopic (exact) mass is 413 g/mol. The van der Waals surface area contributed by atoms with Gasteiger partial charge in [-0.3, -0.25) is 9.52 Å². The number of carbonyl (C=O) groups is 1. The van der Waals surface area contributed by atoms with Gasteiger partial charge in [0.25, 0.3) is 5.91 Å². The van der Waals surface area contributed by atoms with Crippen LogP contribution in [0.25, 0.3) is 10.9 Å². The third-order valence-electron chi connectivity index (χ3n) is 5.13. The van der Waals surface area contributed by atoms with Gasteiger partial charge in [-0.1, -0.05) is 12.1 Å². The van der Waals surface area contributed by atoms with Crippen molar-refractivity contribution < 1.29 is 17.9 Å². The number of benzene rings is 2. The lowest BCUT2D eigenvalue weighted by Gasteiger charge is -2.12. The summed E-state index contributed by atoms with van der Waals surface area (Å²) in [6.45, 7) is 0. The second-order valence-corrected chi connectivity index (χ2v) is 9.01. The minimum atomic E-state index is -3.44. The summed E-state index contributed by atoms with van der Waals surface area (Å²) in [5.74, 6) is 0.0850. The molecule has 1 amide bonds. The number of sulfonamides is 1. The van der Waals surface area contributed by atoms with Crippen LogP contribution >= 0.6 is 0 Å². The predicted octanol–water partition coefficient (Wildman–Crippen LogP) is 3.68. The topological polar surface area (TPSA) is 100 Å². The summed E-state index contributed by atoms with van der Waals surface area (Å²) in [6, 6.07) is 10.5. The number of aryl methyl sites for hydroxylation is 2. The highest BCUT2D eigenvalue weighted by Gasteiger charge is 2.19. The molecule has 0 spiro atoms. The van der Waals surface area contributed by atoms with E-state index in [1.54, 1.807) is 24.3 Å². The molecule has 2 aromatic carbocycles. The van der Waals surface area contributed by atoms with Crippen molar-refractivity contribution in [3.05, 3.63) is 53.2 Å². The van der Waals surface area contributed by atoms with Crippen molar-refractivity contribution in [2.24, 2.45) is 0 Å². The van der Waals surface area contributed by atoms with Crippen LogP contribution in [0.5, 0.6) is 5.75 Å². The minimum Gasteiger partial charge on any atom is -0.494 e. The molecule has 1 heterocycles. The van der Waals surface area contributed by atoms with Crippen molar-refractivity contribution in [3.8, 4) is 5.75 Å². The van der Waals surface area contributed by atoms with Crippen molar-refractivity contribution in [1.29, 1.82) is 0 Å². The highest BCUT2D eigenvalue weighted by molar-refractivity contribution is 7.92. The Morgan fingerprint density at radius 1 is 1.14 bits per heavy atom. The van der Waals surface area contributed by atoms with E-state index in [2.05, 4.69) is 21.1 Å². The number of para-hydroxylation sites is 1. The molecule has 3 aromatic rings. The van der Waals surface area contributed by atoms with Crippen LogP contribution in [0, 0.1) is 0 Å². The maximum absolute atomic E-state index is 13.0. The summed E-state index contributed by atoms with van der Waals surface area (Å²) in [6.07, 6.45) is 5.45. The van der Waals surface area contributed by atoms with Crippen LogP contribution in [0.4, 0.5) is 11.4 Å². The smallest absolute Gasteiger partial charge is 0.257 e. The molecule has 7 nitrogen and oxygen atoms in total. The van der Waals surface area contributed by atoms with Crippen molar-refractivity contribution in [3.63, 3.8) is 0 Å². The zero-order chi connectivity index (χ0) is 20.6. The molecule has 29 heavy (non-hydrogen) atoms. The number of hydrogen-bond acceptors (Lipinski definition) is 4. The molecule has 8 heteroatoms. The normalized spacial score (nSPS) is 13.7. The number of hydrogen-bond donors (Lipinski definition) is 3. The standard InChI is InChI=1S/C21H23N3O4S/c1-28-19-12-13(10-11-18(19)24-29(2,26)27)22-21(25)16-8-5-7-15-14-6-3-4-9-17(14)23-20(15)16/h5,7-8,10-12,23-24H,3-4,6,9H2,1-2H3,(H,22,25). The Hall–Kier alpha value is -3.00. The molecule has 152 valence electrons. The number of nitrogens with one attached hydrogen (secondary N) is 3. The second-order valence-electron chi connectivity index (χ2n) is 7.26. The third-order valence-corrected chi connectivity index (χ3v) is 5.72. The van der Waals surface area contributed by atoms with E-state index in [-0.39, 0.29) is 5.91 Å². The molecule has 1 aliphatic carbocycles. The molecule has 1 aliphatic rings. The van der Waals surface area contributed by atoms with Crippen LogP contribution in [-0.2, 0) is 22.9 Å². The fraction of sp³-hybridized carbons (Fsp3) is 0.286. The van der Waals surface area contributed by atoms with Gasteiger partial charge in [-0.05, 0) is 49.4 Å². The lowest BCUT2D eigenvalue weighted by Crippen LogP contribution is -2.13. The Morgan fingerprint density at radius 2 is 1.93 bits per heavy atom. The van der Waals surface area contributed by atoms with Gasteiger partial charge in [0.1, 0.15) is 5.75 Å². The number of anilines is 2. The molecule has 0 saturated carbocycles. The zero-order valence-electron chi connectivity index (χ0n) is 16.3. The first-order chi connectivity index (χ1) is 13.9. The number of aromatic amines is 1. The van der Waals surface area contributed by atoms with E-state index < -0.39 is 10.0 Å².